The summed E-state index contributed by atoms with van der Waals surface area (Å²) in [6.07, 6.45) is 0.356. The van der Waals surface area contributed by atoms with E-state index in [0.29, 0.717) is 17.2 Å². The molecule has 0 saturated heterocycles. The summed E-state index contributed by atoms with van der Waals surface area (Å²) >= 11 is 4.83. The van der Waals surface area contributed by atoms with Gasteiger partial charge in [-0.3, -0.25) is 4.79 Å². The largest absolute Gasteiger partial charge is 0.484 e. The molecule has 4 rings (SSSR count). The van der Waals surface area contributed by atoms with Crippen LogP contribution in [0.1, 0.15) is 22.8 Å². The zero-order valence-corrected chi connectivity index (χ0v) is 18.7. The van der Waals surface area contributed by atoms with Crippen LogP contribution in [0.4, 0.5) is 8.78 Å². The molecule has 0 radical (unpaired) electrons. The van der Waals surface area contributed by atoms with Crippen LogP contribution in [0.25, 0.3) is 0 Å². The summed E-state index contributed by atoms with van der Waals surface area (Å²) in [4.78, 5) is 16.8. The first-order valence-corrected chi connectivity index (χ1v) is 10.5. The summed E-state index contributed by atoms with van der Waals surface area (Å²) in [6, 6.07) is 9.91. The van der Waals surface area contributed by atoms with Crippen LogP contribution in [0, 0.1) is 11.6 Å². The van der Waals surface area contributed by atoms with Crippen LogP contribution in [-0.2, 0) is 6.54 Å². The minimum atomic E-state index is -0.734. The average molecular weight is 487 g/mol. The Kier molecular flexibility index (Phi) is 6.73. The van der Waals surface area contributed by atoms with Crippen molar-refractivity contribution >= 4 is 23.1 Å². The summed E-state index contributed by atoms with van der Waals surface area (Å²) < 4.78 is 50.0. The highest BCUT2D eigenvalue weighted by molar-refractivity contribution is 7.80. The highest BCUT2D eigenvalue weighted by Crippen LogP contribution is 2.36. The van der Waals surface area contributed by atoms with E-state index in [1.807, 2.05) is 0 Å². The summed E-state index contributed by atoms with van der Waals surface area (Å²) in [5.41, 5.74) is 5.52. The molecule has 1 atom stereocenters. The monoisotopic (exact) mass is 487 g/mol. The molecule has 1 aliphatic heterocycles. The van der Waals surface area contributed by atoms with E-state index >= 15 is 0 Å². The lowest BCUT2D eigenvalue weighted by molar-refractivity contribution is 0.0947. The third-order valence-corrected chi connectivity index (χ3v) is 5.13. The van der Waals surface area contributed by atoms with Crippen molar-refractivity contribution in [1.82, 2.24) is 10.3 Å². The van der Waals surface area contributed by atoms with Gasteiger partial charge in [0.05, 0.1) is 6.20 Å². The number of hydrogen-bond donors (Lipinski definition) is 2. The Hall–Kier alpha value is -3.99. The zero-order valence-electron chi connectivity index (χ0n) is 17.8. The fourth-order valence-corrected chi connectivity index (χ4v) is 3.05. The van der Waals surface area contributed by atoms with Crippen molar-refractivity contribution < 1.29 is 32.5 Å². The molecule has 2 heterocycles. The number of carbonyl (C=O) groups excluding carboxylic acids is 1. The number of rotatable bonds is 8. The molecular formula is C23H19F2N3O5S. The Morgan fingerprint density at radius 3 is 2.71 bits per heavy atom. The maximum atomic E-state index is 14.5. The maximum absolute atomic E-state index is 14.5. The molecule has 0 bridgehead atoms. The summed E-state index contributed by atoms with van der Waals surface area (Å²) in [7, 11) is 0. The number of thiocarbonyl (C=S) groups is 1. The van der Waals surface area contributed by atoms with Crippen molar-refractivity contribution in [1.29, 1.82) is 0 Å². The molecule has 8 nitrogen and oxygen atoms in total. The van der Waals surface area contributed by atoms with Gasteiger partial charge in [-0.1, -0.05) is 18.3 Å². The highest BCUT2D eigenvalue weighted by Gasteiger charge is 2.19. The minimum absolute atomic E-state index is 0.0877. The van der Waals surface area contributed by atoms with Crippen LogP contribution in [0.2, 0.25) is 0 Å². The number of fused-ring (bicyclic) bond motifs is 1. The van der Waals surface area contributed by atoms with E-state index in [9.17, 15) is 13.6 Å². The third kappa shape index (κ3) is 5.31. The second-order valence-electron chi connectivity index (χ2n) is 7.22. The Balaban J connectivity index is 1.46. The summed E-state index contributed by atoms with van der Waals surface area (Å²) in [6.45, 7) is 1.56. The SMILES string of the molecule is C[C@@H](Oc1ccc(CNC(=O)c2cc(F)cnc2Oc2ccc3c(c2)OCO3)c(F)c1)C(N)=S. The van der Waals surface area contributed by atoms with Gasteiger partial charge in [0, 0.05) is 24.2 Å². The van der Waals surface area contributed by atoms with Gasteiger partial charge in [-0.15, -0.1) is 0 Å². The van der Waals surface area contributed by atoms with Crippen molar-refractivity contribution in [3.63, 3.8) is 0 Å². The lowest BCUT2D eigenvalue weighted by Gasteiger charge is -2.14. The molecule has 0 fully saturated rings. The second kappa shape index (κ2) is 9.87. The van der Waals surface area contributed by atoms with Crippen molar-refractivity contribution in [2.45, 2.75) is 19.6 Å². The smallest absolute Gasteiger partial charge is 0.257 e. The standard InChI is InChI=1S/C23H19F2N3O5S/c1-12(21(26)34)32-15-3-2-13(18(25)7-15)9-27-22(29)17-6-14(24)10-28-23(17)33-16-4-5-19-20(8-16)31-11-30-19/h2-8,10,12H,9,11H2,1H3,(H2,26,34)(H,27,29)/t12-/m1/s1. The summed E-state index contributed by atoms with van der Waals surface area (Å²) in [5, 5.41) is 2.54. The number of halogens is 2. The predicted molar refractivity (Wildman–Crippen MR) is 121 cm³/mol. The van der Waals surface area contributed by atoms with E-state index in [1.165, 1.54) is 12.1 Å². The van der Waals surface area contributed by atoms with Crippen LogP contribution in [0.15, 0.2) is 48.7 Å². The Labute approximate surface area is 198 Å². The zero-order chi connectivity index (χ0) is 24.2. The molecule has 3 N–H and O–H groups in total. The topological polar surface area (TPSA) is 105 Å². The van der Waals surface area contributed by atoms with Gasteiger partial charge in [0.15, 0.2) is 11.5 Å². The van der Waals surface area contributed by atoms with Crippen LogP contribution in [-0.4, -0.2) is 28.8 Å². The van der Waals surface area contributed by atoms with E-state index in [4.69, 9.17) is 36.9 Å². The molecule has 0 spiro atoms. The predicted octanol–water partition coefficient (Wildman–Crippen LogP) is 3.86. The van der Waals surface area contributed by atoms with Crippen molar-refractivity contribution in [3.05, 3.63) is 71.4 Å². The molecule has 0 saturated carbocycles. The first-order chi connectivity index (χ1) is 16.3. The number of carbonyl (C=O) groups is 1. The average Bonchev–Trinajstić information content (AvgIpc) is 3.27. The lowest BCUT2D eigenvalue weighted by atomic mass is 10.2. The number of benzene rings is 2. The van der Waals surface area contributed by atoms with Crippen LogP contribution >= 0.6 is 12.2 Å². The van der Waals surface area contributed by atoms with E-state index in [0.717, 1.165) is 18.3 Å². The second-order valence-corrected chi connectivity index (χ2v) is 7.69. The van der Waals surface area contributed by atoms with E-state index in [-0.39, 0.29) is 41.1 Å². The number of pyridine rings is 1. The van der Waals surface area contributed by atoms with Gasteiger partial charge in [-0.25, -0.2) is 13.8 Å². The number of hydrogen-bond acceptors (Lipinski definition) is 7. The van der Waals surface area contributed by atoms with Crippen LogP contribution in [0.5, 0.6) is 28.9 Å². The van der Waals surface area contributed by atoms with Crippen LogP contribution in [0.3, 0.4) is 0 Å². The normalized spacial score (nSPS) is 12.7. The molecule has 1 aromatic heterocycles. The Morgan fingerprint density at radius 1 is 1.18 bits per heavy atom. The van der Waals surface area contributed by atoms with Gasteiger partial charge in [0.25, 0.3) is 5.91 Å². The molecule has 11 heteroatoms. The van der Waals surface area contributed by atoms with Crippen molar-refractivity contribution in [2.75, 3.05) is 6.79 Å². The molecular weight excluding hydrogens is 468 g/mol. The fourth-order valence-electron chi connectivity index (χ4n) is 3.00. The first-order valence-electron chi connectivity index (χ1n) is 10.1. The molecule has 34 heavy (non-hydrogen) atoms. The quantitative estimate of drug-likeness (QED) is 0.462. The fraction of sp³-hybridized carbons (Fsp3) is 0.174. The van der Waals surface area contributed by atoms with Crippen LogP contribution < -0.4 is 30.0 Å². The van der Waals surface area contributed by atoms with Gasteiger partial charge in [0.1, 0.15) is 39.8 Å². The first kappa shape index (κ1) is 23.2. The van der Waals surface area contributed by atoms with Gasteiger partial charge < -0.3 is 30.0 Å². The van der Waals surface area contributed by atoms with Gasteiger partial charge in [-0.05, 0) is 31.2 Å². The maximum Gasteiger partial charge on any atom is 0.257 e. The van der Waals surface area contributed by atoms with Gasteiger partial charge in [0.2, 0.25) is 12.7 Å². The van der Waals surface area contributed by atoms with Gasteiger partial charge >= 0.3 is 0 Å². The minimum Gasteiger partial charge on any atom is -0.484 e. The molecule has 176 valence electrons. The summed E-state index contributed by atoms with van der Waals surface area (Å²) in [5.74, 6) is -0.609. The third-order valence-electron chi connectivity index (χ3n) is 4.80. The Morgan fingerprint density at radius 2 is 1.94 bits per heavy atom. The highest BCUT2D eigenvalue weighted by atomic mass is 32.1. The van der Waals surface area contributed by atoms with E-state index in [2.05, 4.69) is 10.3 Å². The number of nitrogens with one attached hydrogen (secondary N) is 1. The lowest BCUT2D eigenvalue weighted by Crippen LogP contribution is -2.29. The molecule has 3 aromatic rings. The molecule has 1 aliphatic rings. The van der Waals surface area contributed by atoms with Crippen molar-refractivity contribution in [2.24, 2.45) is 5.73 Å². The molecule has 1 amide bonds. The molecule has 0 unspecified atom stereocenters. The Bertz CT molecular complexity index is 1260. The molecule has 2 aromatic carbocycles. The van der Waals surface area contributed by atoms with Gasteiger partial charge in [-0.2, -0.15) is 0 Å². The number of nitrogens with two attached hydrogens (primary N) is 1. The van der Waals surface area contributed by atoms with E-state index in [1.54, 1.807) is 25.1 Å². The number of aromatic nitrogens is 1. The number of ether oxygens (including phenoxy) is 4. The number of nitrogens with zero attached hydrogens (tertiary/aromatic N) is 1. The number of amides is 1. The van der Waals surface area contributed by atoms with E-state index < -0.39 is 23.6 Å². The molecule has 0 aliphatic carbocycles. The van der Waals surface area contributed by atoms with Crippen molar-refractivity contribution in [3.8, 4) is 28.9 Å².